The van der Waals surface area contributed by atoms with Crippen molar-refractivity contribution >= 4 is 33.5 Å². The predicted octanol–water partition coefficient (Wildman–Crippen LogP) is 2.43. The largest absolute Gasteiger partial charge is 0.373 e. The van der Waals surface area contributed by atoms with Crippen LogP contribution in [-0.4, -0.2) is 44.2 Å². The van der Waals surface area contributed by atoms with Crippen LogP contribution in [0.1, 0.15) is 25.3 Å². The minimum Gasteiger partial charge on any atom is -0.373 e. The molecule has 1 fully saturated rings. The predicted molar refractivity (Wildman–Crippen MR) is 100 cm³/mol. The number of amides is 1. The van der Waals surface area contributed by atoms with E-state index in [1.165, 1.54) is 0 Å². The highest BCUT2D eigenvalue weighted by Gasteiger charge is 2.29. The van der Waals surface area contributed by atoms with Gasteiger partial charge in [-0.3, -0.25) is 9.79 Å². The number of hydrogen-bond acceptors (Lipinski definition) is 3. The first kappa shape index (κ1) is 18.7. The van der Waals surface area contributed by atoms with Crippen LogP contribution in [0.15, 0.2) is 27.7 Å². The minimum atomic E-state index is -0.159. The van der Waals surface area contributed by atoms with E-state index in [-0.39, 0.29) is 18.1 Å². The van der Waals surface area contributed by atoms with Crippen molar-refractivity contribution in [2.24, 2.45) is 4.99 Å². The molecule has 1 aliphatic rings. The summed E-state index contributed by atoms with van der Waals surface area (Å²) in [4.78, 5) is 16.3. The smallest absolute Gasteiger partial charge is 0.243 e. The van der Waals surface area contributed by atoms with Crippen LogP contribution in [0.5, 0.6) is 0 Å². The highest BCUT2D eigenvalue weighted by molar-refractivity contribution is 9.10. The van der Waals surface area contributed by atoms with Gasteiger partial charge in [0, 0.05) is 30.4 Å². The van der Waals surface area contributed by atoms with Gasteiger partial charge in [-0.1, -0.05) is 22.0 Å². The summed E-state index contributed by atoms with van der Waals surface area (Å²) in [7, 11) is 1.68. The number of hydrogen-bond donors (Lipinski definition) is 3. The summed E-state index contributed by atoms with van der Waals surface area (Å²) in [6, 6.07) is 5.79. The molecule has 1 heterocycles. The van der Waals surface area contributed by atoms with E-state index >= 15 is 0 Å². The summed E-state index contributed by atoms with van der Waals surface area (Å²) in [5.74, 6) is 0.468. The Balaban J connectivity index is 1.80. The van der Waals surface area contributed by atoms with Crippen LogP contribution >= 0.6 is 15.9 Å². The standard InChI is InChI=1S/C17H25BrN4O2/c1-12-5-6-13(18)9-14(12)22-15(23)10-20-16(19-3)21-11-17(2)7-4-8-24-17/h5-6,9H,4,7-8,10-11H2,1-3H3,(H,22,23)(H2,19,20,21). The molecule has 1 amide bonds. The van der Waals surface area contributed by atoms with E-state index in [0.717, 1.165) is 35.2 Å². The molecular weight excluding hydrogens is 372 g/mol. The molecule has 0 aliphatic carbocycles. The Bertz CT molecular complexity index is 613. The zero-order chi connectivity index (χ0) is 17.6. The maximum Gasteiger partial charge on any atom is 0.243 e. The summed E-state index contributed by atoms with van der Waals surface area (Å²) in [5.41, 5.74) is 1.65. The molecule has 6 nitrogen and oxygen atoms in total. The number of aliphatic imine (C=N–C) groups is 1. The molecule has 0 aromatic heterocycles. The second kappa shape index (κ2) is 8.48. The fourth-order valence-corrected chi connectivity index (χ4v) is 2.92. The Labute approximate surface area is 151 Å². The SMILES string of the molecule is CN=C(NCC(=O)Nc1cc(Br)ccc1C)NCC1(C)CCCO1. The van der Waals surface area contributed by atoms with Crippen molar-refractivity contribution in [1.29, 1.82) is 0 Å². The van der Waals surface area contributed by atoms with Gasteiger partial charge in [0.05, 0.1) is 12.1 Å². The fourth-order valence-electron chi connectivity index (χ4n) is 2.55. The van der Waals surface area contributed by atoms with Crippen molar-refractivity contribution in [3.63, 3.8) is 0 Å². The van der Waals surface area contributed by atoms with E-state index in [9.17, 15) is 4.79 Å². The number of nitrogens with zero attached hydrogens (tertiary/aromatic N) is 1. The number of benzene rings is 1. The van der Waals surface area contributed by atoms with Crippen molar-refractivity contribution in [1.82, 2.24) is 10.6 Å². The van der Waals surface area contributed by atoms with Crippen LogP contribution in [0.25, 0.3) is 0 Å². The lowest BCUT2D eigenvalue weighted by molar-refractivity contribution is -0.115. The van der Waals surface area contributed by atoms with E-state index in [1.54, 1.807) is 7.05 Å². The molecule has 1 aromatic carbocycles. The number of carbonyl (C=O) groups is 1. The molecule has 1 atom stereocenters. The first-order valence-corrected chi connectivity index (χ1v) is 8.86. The minimum absolute atomic E-state index is 0.123. The van der Waals surface area contributed by atoms with E-state index < -0.39 is 0 Å². The number of halogens is 1. The van der Waals surface area contributed by atoms with Crippen molar-refractivity contribution in [3.8, 4) is 0 Å². The van der Waals surface area contributed by atoms with Gasteiger partial charge in [-0.05, 0) is 44.4 Å². The molecule has 1 aromatic rings. The van der Waals surface area contributed by atoms with Gasteiger partial charge in [0.1, 0.15) is 0 Å². The molecule has 0 radical (unpaired) electrons. The Hall–Kier alpha value is -1.60. The lowest BCUT2D eigenvalue weighted by atomic mass is 10.0. The molecule has 1 unspecified atom stereocenters. The first-order chi connectivity index (χ1) is 11.4. The van der Waals surface area contributed by atoms with Crippen LogP contribution in [0.4, 0.5) is 5.69 Å². The van der Waals surface area contributed by atoms with Crippen LogP contribution in [0.3, 0.4) is 0 Å². The summed E-state index contributed by atoms with van der Waals surface area (Å²) < 4.78 is 6.66. The zero-order valence-electron chi connectivity index (χ0n) is 14.4. The van der Waals surface area contributed by atoms with Crippen molar-refractivity contribution < 1.29 is 9.53 Å². The van der Waals surface area contributed by atoms with E-state index in [0.29, 0.717) is 12.5 Å². The third-order valence-electron chi connectivity index (χ3n) is 4.04. The Morgan fingerprint density at radius 2 is 2.21 bits per heavy atom. The number of carbonyl (C=O) groups excluding carboxylic acids is 1. The quantitative estimate of drug-likeness (QED) is 0.527. The molecule has 1 aliphatic heterocycles. The summed E-state index contributed by atoms with van der Waals surface area (Å²) in [5, 5.41) is 9.14. The van der Waals surface area contributed by atoms with Gasteiger partial charge in [-0.2, -0.15) is 0 Å². The van der Waals surface area contributed by atoms with Gasteiger partial charge < -0.3 is 20.7 Å². The van der Waals surface area contributed by atoms with E-state index in [1.807, 2.05) is 25.1 Å². The van der Waals surface area contributed by atoms with Gasteiger partial charge in [0.15, 0.2) is 5.96 Å². The van der Waals surface area contributed by atoms with Gasteiger partial charge in [-0.25, -0.2) is 0 Å². The first-order valence-electron chi connectivity index (χ1n) is 8.06. The van der Waals surface area contributed by atoms with Crippen LogP contribution < -0.4 is 16.0 Å². The van der Waals surface area contributed by atoms with E-state index in [4.69, 9.17) is 4.74 Å². The highest BCUT2D eigenvalue weighted by atomic mass is 79.9. The lowest BCUT2D eigenvalue weighted by Gasteiger charge is -2.24. The molecule has 7 heteroatoms. The van der Waals surface area contributed by atoms with Crippen LogP contribution in [-0.2, 0) is 9.53 Å². The molecule has 0 saturated carbocycles. The fraction of sp³-hybridized carbons (Fsp3) is 0.529. The lowest BCUT2D eigenvalue weighted by Crippen LogP contribution is -2.47. The number of aryl methyl sites for hydroxylation is 1. The Morgan fingerprint density at radius 1 is 1.42 bits per heavy atom. The van der Waals surface area contributed by atoms with Gasteiger partial charge >= 0.3 is 0 Å². The van der Waals surface area contributed by atoms with Gasteiger partial charge in [0.25, 0.3) is 0 Å². The Kier molecular flexibility index (Phi) is 6.62. The van der Waals surface area contributed by atoms with Gasteiger partial charge in [-0.15, -0.1) is 0 Å². The van der Waals surface area contributed by atoms with Crippen LogP contribution in [0, 0.1) is 6.92 Å². The van der Waals surface area contributed by atoms with Crippen molar-refractivity contribution in [3.05, 3.63) is 28.2 Å². The monoisotopic (exact) mass is 396 g/mol. The third-order valence-corrected chi connectivity index (χ3v) is 4.54. The van der Waals surface area contributed by atoms with E-state index in [2.05, 4.69) is 43.8 Å². The third kappa shape index (κ3) is 5.49. The number of rotatable bonds is 5. The van der Waals surface area contributed by atoms with Crippen molar-refractivity contribution in [2.45, 2.75) is 32.3 Å². The maximum atomic E-state index is 12.1. The second-order valence-electron chi connectivity index (χ2n) is 6.19. The average Bonchev–Trinajstić information content (AvgIpc) is 2.98. The summed E-state index contributed by atoms with van der Waals surface area (Å²) >= 11 is 3.41. The number of ether oxygens (including phenoxy) is 1. The highest BCUT2D eigenvalue weighted by Crippen LogP contribution is 2.23. The molecule has 2 rings (SSSR count). The summed E-state index contributed by atoms with van der Waals surface area (Å²) in [6.45, 7) is 5.65. The average molecular weight is 397 g/mol. The molecule has 3 N–H and O–H groups in total. The molecule has 132 valence electrons. The second-order valence-corrected chi connectivity index (χ2v) is 7.10. The molecule has 0 bridgehead atoms. The topological polar surface area (TPSA) is 74.8 Å². The molecule has 1 saturated heterocycles. The molecule has 0 spiro atoms. The summed E-state index contributed by atoms with van der Waals surface area (Å²) in [6.07, 6.45) is 2.11. The molecule has 24 heavy (non-hydrogen) atoms. The van der Waals surface area contributed by atoms with Gasteiger partial charge in [0.2, 0.25) is 5.91 Å². The maximum absolute atomic E-state index is 12.1. The Morgan fingerprint density at radius 3 is 2.88 bits per heavy atom. The zero-order valence-corrected chi connectivity index (χ0v) is 16.0. The normalized spacial score (nSPS) is 20.8. The number of guanidine groups is 1. The van der Waals surface area contributed by atoms with Crippen molar-refractivity contribution in [2.75, 3.05) is 32.1 Å². The number of anilines is 1. The van der Waals surface area contributed by atoms with Crippen LogP contribution in [0.2, 0.25) is 0 Å². The molecular formula is C17H25BrN4O2. The number of nitrogens with one attached hydrogen (secondary N) is 3.